The van der Waals surface area contributed by atoms with Gasteiger partial charge in [-0.25, -0.2) is 19.4 Å². The molecule has 0 unspecified atom stereocenters. The van der Waals surface area contributed by atoms with Gasteiger partial charge in [0.25, 0.3) is 0 Å². The minimum absolute atomic E-state index is 0.0792. The van der Waals surface area contributed by atoms with Crippen molar-refractivity contribution in [1.82, 2.24) is 15.0 Å². The molecule has 1 aromatic carbocycles. The van der Waals surface area contributed by atoms with Crippen LogP contribution in [0.3, 0.4) is 0 Å². The van der Waals surface area contributed by atoms with Gasteiger partial charge in [-0.05, 0) is 43.2 Å². The summed E-state index contributed by atoms with van der Waals surface area (Å²) in [5.41, 5.74) is -0.00196. The summed E-state index contributed by atoms with van der Waals surface area (Å²) in [6.45, 7) is 3.59. The molecule has 0 aliphatic rings. The summed E-state index contributed by atoms with van der Waals surface area (Å²) >= 11 is 0. The highest BCUT2D eigenvalue weighted by Gasteiger charge is 2.31. The summed E-state index contributed by atoms with van der Waals surface area (Å²) in [6, 6.07) is 5.02. The van der Waals surface area contributed by atoms with Crippen molar-refractivity contribution in [2.75, 3.05) is 10.6 Å². The lowest BCUT2D eigenvalue weighted by Gasteiger charge is -2.10. The van der Waals surface area contributed by atoms with E-state index in [-0.39, 0.29) is 17.7 Å². The number of anilines is 2. The summed E-state index contributed by atoms with van der Waals surface area (Å²) in [7, 11) is 0. The van der Waals surface area contributed by atoms with Crippen LogP contribution in [-0.4, -0.2) is 27.1 Å². The van der Waals surface area contributed by atoms with Crippen molar-refractivity contribution in [1.29, 1.82) is 0 Å². The largest absolute Gasteiger partial charge is 0.417 e. The fraction of sp³-hybridized carbons (Fsp3) is 0.174. The first-order chi connectivity index (χ1) is 16.2. The molecule has 0 fully saturated rings. The predicted octanol–water partition coefficient (Wildman–Crippen LogP) is 5.24. The quantitative estimate of drug-likeness (QED) is 0.362. The van der Waals surface area contributed by atoms with Crippen LogP contribution in [0.5, 0.6) is 0 Å². The Bertz CT molecular complexity index is 1220. The molecule has 2 aromatic heterocycles. The number of carbonyl (C=O) groups is 1. The minimum Gasteiger partial charge on any atom is -0.324 e. The second kappa shape index (κ2) is 10.6. The number of pyridine rings is 1. The summed E-state index contributed by atoms with van der Waals surface area (Å²) in [5, 5.41) is 5.24. The minimum atomic E-state index is -4.59. The molecule has 0 aliphatic carbocycles. The molecule has 0 saturated heterocycles. The van der Waals surface area contributed by atoms with E-state index in [0.29, 0.717) is 29.1 Å². The normalized spacial score (nSPS) is 12.1. The monoisotopic (exact) mass is 472 g/mol. The second-order valence-electron chi connectivity index (χ2n) is 6.97. The molecular weight excluding hydrogens is 452 g/mol. The first-order valence-electron chi connectivity index (χ1n) is 10.0. The Labute approximate surface area is 192 Å². The van der Waals surface area contributed by atoms with E-state index in [1.54, 1.807) is 25.3 Å². The first kappa shape index (κ1) is 24.5. The number of alkyl halides is 3. The summed E-state index contributed by atoms with van der Waals surface area (Å²) in [5.74, 6) is -0.434. The highest BCUT2D eigenvalue weighted by Crippen LogP contribution is 2.30. The SMILES string of the molecule is CC=N/C(=C\C)Nc1ncc(-c2ccc(CC(=O)Nc3cncc(C(F)(F)F)c3)c(F)c2)cn1. The Morgan fingerprint density at radius 1 is 1.03 bits per heavy atom. The number of aliphatic imine (C=N–C) groups is 1. The zero-order valence-electron chi connectivity index (χ0n) is 18.2. The lowest BCUT2D eigenvalue weighted by molar-refractivity contribution is -0.137. The summed E-state index contributed by atoms with van der Waals surface area (Å²) in [4.78, 5) is 28.2. The molecule has 0 aliphatic heterocycles. The van der Waals surface area contributed by atoms with Crippen molar-refractivity contribution in [3.63, 3.8) is 0 Å². The highest BCUT2D eigenvalue weighted by molar-refractivity contribution is 5.92. The zero-order valence-corrected chi connectivity index (χ0v) is 18.2. The zero-order chi connectivity index (χ0) is 24.7. The number of halogens is 4. The highest BCUT2D eigenvalue weighted by atomic mass is 19.4. The van der Waals surface area contributed by atoms with Crippen LogP contribution >= 0.6 is 0 Å². The Morgan fingerprint density at radius 2 is 1.76 bits per heavy atom. The van der Waals surface area contributed by atoms with Crippen molar-refractivity contribution in [2.45, 2.75) is 26.4 Å². The van der Waals surface area contributed by atoms with E-state index in [1.807, 2.05) is 6.92 Å². The Balaban J connectivity index is 1.68. The number of carbonyl (C=O) groups excluding carboxylic acids is 1. The molecule has 0 atom stereocenters. The molecule has 0 saturated carbocycles. The smallest absolute Gasteiger partial charge is 0.324 e. The lowest BCUT2D eigenvalue weighted by atomic mass is 10.0. The molecular formula is C23H20F4N6O. The molecule has 0 radical (unpaired) electrons. The van der Waals surface area contributed by atoms with Crippen molar-refractivity contribution in [3.8, 4) is 11.1 Å². The Morgan fingerprint density at radius 3 is 2.38 bits per heavy atom. The van der Waals surface area contributed by atoms with Gasteiger partial charge >= 0.3 is 6.18 Å². The number of amides is 1. The number of rotatable bonds is 7. The van der Waals surface area contributed by atoms with Crippen molar-refractivity contribution >= 4 is 23.8 Å². The van der Waals surface area contributed by atoms with E-state index >= 15 is 0 Å². The molecule has 2 N–H and O–H groups in total. The summed E-state index contributed by atoms with van der Waals surface area (Å²) < 4.78 is 53.0. The van der Waals surface area contributed by atoms with Gasteiger partial charge in [-0.15, -0.1) is 0 Å². The van der Waals surface area contributed by atoms with Gasteiger partial charge in [-0.1, -0.05) is 12.1 Å². The third-order valence-electron chi connectivity index (χ3n) is 4.52. The maximum Gasteiger partial charge on any atom is 0.417 e. The lowest BCUT2D eigenvalue weighted by Crippen LogP contribution is -2.16. The van der Waals surface area contributed by atoms with Crippen LogP contribution in [0, 0.1) is 5.82 Å². The number of nitrogens with zero attached hydrogens (tertiary/aromatic N) is 4. The van der Waals surface area contributed by atoms with Gasteiger partial charge in [0.2, 0.25) is 11.9 Å². The Hall–Kier alpha value is -4.15. The molecule has 11 heteroatoms. The fourth-order valence-corrected chi connectivity index (χ4v) is 2.89. The van der Waals surface area contributed by atoms with Crippen molar-refractivity contribution < 1.29 is 22.4 Å². The number of allylic oxidation sites excluding steroid dienone is 1. The molecule has 2 heterocycles. The van der Waals surface area contributed by atoms with Crippen LogP contribution in [-0.2, 0) is 17.4 Å². The van der Waals surface area contributed by atoms with E-state index in [4.69, 9.17) is 0 Å². The molecule has 34 heavy (non-hydrogen) atoms. The van der Waals surface area contributed by atoms with Crippen LogP contribution in [0.25, 0.3) is 11.1 Å². The molecule has 176 valence electrons. The molecule has 1 amide bonds. The maximum absolute atomic E-state index is 14.6. The molecule has 3 aromatic rings. The van der Waals surface area contributed by atoms with Crippen LogP contribution < -0.4 is 10.6 Å². The van der Waals surface area contributed by atoms with E-state index in [1.165, 1.54) is 24.5 Å². The number of benzene rings is 1. The van der Waals surface area contributed by atoms with Crippen LogP contribution in [0.15, 0.2) is 65.9 Å². The second-order valence-corrected chi connectivity index (χ2v) is 6.97. The van der Waals surface area contributed by atoms with Crippen LogP contribution in [0.2, 0.25) is 0 Å². The van der Waals surface area contributed by atoms with E-state index in [2.05, 4.69) is 30.6 Å². The van der Waals surface area contributed by atoms with E-state index < -0.39 is 23.5 Å². The third-order valence-corrected chi connectivity index (χ3v) is 4.52. The van der Waals surface area contributed by atoms with E-state index in [9.17, 15) is 22.4 Å². The number of hydrogen-bond donors (Lipinski definition) is 2. The van der Waals surface area contributed by atoms with Crippen LogP contribution in [0.4, 0.5) is 29.2 Å². The molecule has 3 rings (SSSR count). The standard InChI is InChI=1S/C23H20F4N6O/c1-3-20(29-4-2)33-22-30-10-16(11-31-22)14-5-6-15(19(24)7-14)8-21(34)32-18-9-17(12-28-13-18)23(25,26)27/h3-7,9-13H,8H2,1-2H3,(H,32,34)(H,30,31,33)/b20-3+,29-4?. The number of nitrogens with one attached hydrogen (secondary N) is 2. The Kier molecular flexibility index (Phi) is 7.67. The van der Waals surface area contributed by atoms with Gasteiger partial charge in [0.05, 0.1) is 23.9 Å². The van der Waals surface area contributed by atoms with Crippen molar-refractivity contribution in [2.24, 2.45) is 4.99 Å². The van der Waals surface area contributed by atoms with Crippen molar-refractivity contribution in [3.05, 3.63) is 77.9 Å². The third kappa shape index (κ3) is 6.44. The fourth-order valence-electron chi connectivity index (χ4n) is 2.89. The van der Waals surface area contributed by atoms with Gasteiger partial charge in [0.1, 0.15) is 11.6 Å². The molecule has 0 spiro atoms. The van der Waals surface area contributed by atoms with Gasteiger partial charge < -0.3 is 10.6 Å². The predicted molar refractivity (Wildman–Crippen MR) is 121 cm³/mol. The van der Waals surface area contributed by atoms with Gasteiger partial charge in [-0.3, -0.25) is 9.78 Å². The number of aromatic nitrogens is 3. The van der Waals surface area contributed by atoms with Crippen LogP contribution in [0.1, 0.15) is 25.0 Å². The topological polar surface area (TPSA) is 92.2 Å². The van der Waals surface area contributed by atoms with Gasteiger partial charge in [0.15, 0.2) is 0 Å². The average molecular weight is 472 g/mol. The number of hydrogen-bond acceptors (Lipinski definition) is 6. The van der Waals surface area contributed by atoms with Gasteiger partial charge in [-0.2, -0.15) is 13.2 Å². The first-order valence-corrected chi connectivity index (χ1v) is 10.0. The van der Waals surface area contributed by atoms with E-state index in [0.717, 1.165) is 12.3 Å². The average Bonchev–Trinajstić information content (AvgIpc) is 2.80. The van der Waals surface area contributed by atoms with Gasteiger partial charge in [0, 0.05) is 30.4 Å². The summed E-state index contributed by atoms with van der Waals surface area (Å²) in [6.07, 6.45) is 3.18. The maximum atomic E-state index is 14.6. The molecule has 0 bridgehead atoms. The molecule has 7 nitrogen and oxygen atoms in total.